The number of alkyl halides is 3. The van der Waals surface area contributed by atoms with E-state index in [1.165, 1.54) is 11.8 Å². The average molecular weight is 499 g/mol. The number of aryl methyl sites for hydroxylation is 1. The van der Waals surface area contributed by atoms with Crippen LogP contribution in [0.1, 0.15) is 23.9 Å². The molecule has 0 bridgehead atoms. The van der Waals surface area contributed by atoms with Crippen molar-refractivity contribution >= 4 is 29.1 Å². The zero-order valence-corrected chi connectivity index (χ0v) is 18.7. The van der Waals surface area contributed by atoms with E-state index in [9.17, 15) is 28.1 Å². The van der Waals surface area contributed by atoms with Gasteiger partial charge in [-0.25, -0.2) is 9.67 Å². The van der Waals surface area contributed by atoms with Crippen molar-refractivity contribution in [3.05, 3.63) is 68.9 Å². The summed E-state index contributed by atoms with van der Waals surface area (Å²) >= 11 is 5.83. The maximum absolute atomic E-state index is 13.0. The Kier molecular flexibility index (Phi) is 7.35. The molecule has 0 N–H and O–H groups in total. The number of ether oxygens (including phenoxy) is 1. The molecule has 1 aromatic carbocycles. The minimum Gasteiger partial charge on any atom is -0.465 e. The molecule has 0 saturated carbocycles. The number of benzene rings is 1. The third-order valence-electron chi connectivity index (χ3n) is 4.57. The Balaban J connectivity index is 1.92. The van der Waals surface area contributed by atoms with Gasteiger partial charge in [0.2, 0.25) is 11.1 Å². The first kappa shape index (κ1) is 24.9. The van der Waals surface area contributed by atoms with Crippen LogP contribution in [0.25, 0.3) is 5.69 Å². The van der Waals surface area contributed by atoms with E-state index in [2.05, 4.69) is 15.1 Å². The van der Waals surface area contributed by atoms with E-state index in [1.54, 1.807) is 31.2 Å². The first-order valence-corrected chi connectivity index (χ1v) is 10.2. The molecule has 180 valence electrons. The van der Waals surface area contributed by atoms with Gasteiger partial charge in [0.25, 0.3) is 0 Å². The monoisotopic (exact) mass is 498 g/mol. The van der Waals surface area contributed by atoms with Crippen molar-refractivity contribution in [3.63, 3.8) is 0 Å². The van der Waals surface area contributed by atoms with Crippen LogP contribution in [0, 0.1) is 17.0 Å². The molecule has 0 saturated heterocycles. The molecule has 2 aromatic heterocycles. The molecule has 3 aromatic rings. The van der Waals surface area contributed by atoms with Gasteiger partial charge < -0.3 is 9.64 Å². The van der Waals surface area contributed by atoms with Gasteiger partial charge >= 0.3 is 17.8 Å². The number of hydrogen-bond acceptors (Lipinski definition) is 8. The number of carbonyl (C=O) groups is 1. The highest BCUT2D eigenvalue weighted by Gasteiger charge is 2.34. The van der Waals surface area contributed by atoms with Gasteiger partial charge in [0, 0.05) is 12.2 Å². The van der Waals surface area contributed by atoms with E-state index >= 15 is 0 Å². The van der Waals surface area contributed by atoms with Crippen molar-refractivity contribution in [2.45, 2.75) is 26.6 Å². The van der Waals surface area contributed by atoms with Crippen LogP contribution >= 0.6 is 11.6 Å². The van der Waals surface area contributed by atoms with E-state index < -0.39 is 28.5 Å². The second-order valence-electron chi connectivity index (χ2n) is 7.01. The van der Waals surface area contributed by atoms with Crippen molar-refractivity contribution in [3.8, 4) is 5.69 Å². The van der Waals surface area contributed by atoms with Crippen molar-refractivity contribution in [2.75, 3.05) is 18.1 Å². The number of halogens is 4. The van der Waals surface area contributed by atoms with Crippen LogP contribution in [-0.2, 0) is 22.3 Å². The van der Waals surface area contributed by atoms with Gasteiger partial charge in [0.1, 0.15) is 12.7 Å². The second kappa shape index (κ2) is 10.0. The topological polar surface area (TPSA) is 116 Å². The molecule has 0 radical (unpaired) electrons. The highest BCUT2D eigenvalue weighted by Crippen LogP contribution is 2.30. The second-order valence-corrected chi connectivity index (χ2v) is 7.35. The molecule has 0 aliphatic rings. The number of esters is 1. The SMILES string of the molecule is CCOC(=O)CN(Cc1ccc(-n2nc(C(F)(F)F)cc2C)cc1)c1nc(Cl)ncc1[N+](=O)[O-]. The lowest BCUT2D eigenvalue weighted by Crippen LogP contribution is -2.32. The van der Waals surface area contributed by atoms with Gasteiger partial charge in [-0.2, -0.15) is 23.3 Å². The fraction of sp³-hybridized carbons (Fsp3) is 0.300. The summed E-state index contributed by atoms with van der Waals surface area (Å²) in [5.41, 5.74) is -0.224. The summed E-state index contributed by atoms with van der Waals surface area (Å²) in [7, 11) is 0. The molecule has 14 heteroatoms. The summed E-state index contributed by atoms with van der Waals surface area (Å²) in [6.07, 6.45) is -3.64. The normalized spacial score (nSPS) is 11.4. The van der Waals surface area contributed by atoms with Crippen LogP contribution in [0.5, 0.6) is 0 Å². The van der Waals surface area contributed by atoms with E-state index in [-0.39, 0.29) is 36.5 Å². The lowest BCUT2D eigenvalue weighted by molar-refractivity contribution is -0.384. The summed E-state index contributed by atoms with van der Waals surface area (Å²) in [4.78, 5) is 31.7. The maximum Gasteiger partial charge on any atom is 0.435 e. The minimum atomic E-state index is -4.57. The van der Waals surface area contributed by atoms with E-state index in [0.717, 1.165) is 16.9 Å². The minimum absolute atomic E-state index is 0.0147. The molecule has 3 rings (SSSR count). The predicted octanol–water partition coefficient (Wildman–Crippen LogP) is 4.12. The number of aromatic nitrogens is 4. The van der Waals surface area contributed by atoms with Crippen LogP contribution in [0.2, 0.25) is 5.28 Å². The molecule has 0 amide bonds. The fourth-order valence-electron chi connectivity index (χ4n) is 3.11. The van der Waals surface area contributed by atoms with Crippen molar-refractivity contribution in [2.24, 2.45) is 0 Å². The smallest absolute Gasteiger partial charge is 0.435 e. The standard InChI is InChI=1S/C20H18ClF3N6O4/c1-3-34-17(31)11-28(18-15(30(32)33)9-25-19(21)26-18)10-13-4-6-14(7-5-13)29-12(2)8-16(27-29)20(22,23)24/h4-9H,3,10-11H2,1-2H3. The van der Waals surface area contributed by atoms with E-state index in [0.29, 0.717) is 11.3 Å². The van der Waals surface area contributed by atoms with Crippen molar-refractivity contribution in [1.82, 2.24) is 19.7 Å². The summed E-state index contributed by atoms with van der Waals surface area (Å²) in [6, 6.07) is 7.21. The summed E-state index contributed by atoms with van der Waals surface area (Å²) in [5.74, 6) is -0.824. The number of carbonyl (C=O) groups excluding carboxylic acids is 1. The summed E-state index contributed by atoms with van der Waals surface area (Å²) in [5, 5.41) is 14.8. The van der Waals surface area contributed by atoms with Crippen molar-refractivity contribution < 1.29 is 27.6 Å². The first-order valence-electron chi connectivity index (χ1n) is 9.80. The van der Waals surface area contributed by atoms with E-state index in [4.69, 9.17) is 16.3 Å². The number of hydrogen-bond donors (Lipinski definition) is 0. The van der Waals surface area contributed by atoms with Gasteiger partial charge in [-0.1, -0.05) is 12.1 Å². The zero-order valence-electron chi connectivity index (χ0n) is 17.9. The Morgan fingerprint density at radius 2 is 1.97 bits per heavy atom. The third-order valence-corrected chi connectivity index (χ3v) is 4.76. The molecule has 2 heterocycles. The van der Waals surface area contributed by atoms with Gasteiger partial charge in [-0.05, 0) is 49.2 Å². The molecular weight excluding hydrogens is 481 g/mol. The third kappa shape index (κ3) is 5.78. The van der Waals surface area contributed by atoms with Gasteiger partial charge in [-0.15, -0.1) is 0 Å². The number of nitrogens with zero attached hydrogens (tertiary/aromatic N) is 6. The van der Waals surface area contributed by atoms with E-state index in [1.807, 2.05) is 0 Å². The Morgan fingerprint density at radius 3 is 2.53 bits per heavy atom. The molecule has 0 aliphatic heterocycles. The zero-order chi connectivity index (χ0) is 25.0. The maximum atomic E-state index is 13.0. The van der Waals surface area contributed by atoms with Crippen molar-refractivity contribution in [1.29, 1.82) is 0 Å². The lowest BCUT2D eigenvalue weighted by atomic mass is 10.2. The molecule has 0 spiro atoms. The summed E-state index contributed by atoms with van der Waals surface area (Å²) in [6.45, 7) is 2.84. The Morgan fingerprint density at radius 1 is 1.29 bits per heavy atom. The van der Waals surface area contributed by atoms with Crippen LogP contribution in [0.3, 0.4) is 0 Å². The molecule has 0 aliphatic carbocycles. The molecule has 0 fully saturated rings. The highest BCUT2D eigenvalue weighted by molar-refractivity contribution is 6.28. The molecule has 0 atom stereocenters. The number of nitro groups is 1. The number of rotatable bonds is 8. The van der Waals surface area contributed by atoms with Gasteiger partial charge in [0.05, 0.1) is 17.2 Å². The Hall–Kier alpha value is -3.74. The van der Waals surface area contributed by atoms with Crippen LogP contribution in [0.4, 0.5) is 24.7 Å². The molecule has 10 nitrogen and oxygen atoms in total. The van der Waals surface area contributed by atoms with Gasteiger partial charge in [0.15, 0.2) is 5.69 Å². The fourth-order valence-corrected chi connectivity index (χ4v) is 3.24. The molecular formula is C20H18ClF3N6O4. The van der Waals surface area contributed by atoms with Crippen LogP contribution in [0.15, 0.2) is 36.5 Å². The predicted molar refractivity (Wildman–Crippen MR) is 115 cm³/mol. The molecule has 34 heavy (non-hydrogen) atoms. The average Bonchev–Trinajstić information content (AvgIpc) is 3.16. The number of anilines is 1. The van der Waals surface area contributed by atoms with Crippen LogP contribution in [-0.4, -0.2) is 43.8 Å². The van der Waals surface area contributed by atoms with Gasteiger partial charge in [-0.3, -0.25) is 14.9 Å². The van der Waals surface area contributed by atoms with Crippen LogP contribution < -0.4 is 4.90 Å². The highest BCUT2D eigenvalue weighted by atomic mass is 35.5. The molecule has 0 unspecified atom stereocenters. The Bertz CT molecular complexity index is 1200. The summed E-state index contributed by atoms with van der Waals surface area (Å²) < 4.78 is 45.0. The lowest BCUT2D eigenvalue weighted by Gasteiger charge is -2.22. The largest absolute Gasteiger partial charge is 0.465 e. The quantitative estimate of drug-likeness (QED) is 0.197. The first-order chi connectivity index (χ1) is 16.0. The Labute approximate surface area is 196 Å².